The molecule has 1 aliphatic rings. The molecule has 0 spiro atoms. The molecule has 0 fully saturated rings. The first kappa shape index (κ1) is 13.1. The van der Waals surface area contributed by atoms with Gasteiger partial charge in [0.1, 0.15) is 0 Å². The lowest BCUT2D eigenvalue weighted by atomic mass is 9.63. The van der Waals surface area contributed by atoms with E-state index in [1.54, 1.807) is 0 Å². The van der Waals surface area contributed by atoms with Gasteiger partial charge in [0.2, 0.25) is 0 Å². The molecule has 0 nitrogen and oxygen atoms in total. The summed E-state index contributed by atoms with van der Waals surface area (Å²) >= 11 is 0. The molecule has 1 aliphatic carbocycles. The zero-order chi connectivity index (χ0) is 13.2. The maximum absolute atomic E-state index is 2.42. The van der Waals surface area contributed by atoms with Crippen molar-refractivity contribution in [2.45, 2.75) is 46.0 Å². The van der Waals surface area contributed by atoms with Crippen LogP contribution in [0.1, 0.15) is 45.2 Å². The van der Waals surface area contributed by atoms with Crippen LogP contribution in [0.2, 0.25) is 0 Å². The van der Waals surface area contributed by atoms with Gasteiger partial charge in [-0.2, -0.15) is 0 Å². The molecular weight excluding hydrogens is 216 g/mol. The van der Waals surface area contributed by atoms with Crippen molar-refractivity contribution in [2.24, 2.45) is 5.92 Å². The van der Waals surface area contributed by atoms with Gasteiger partial charge in [0.05, 0.1) is 0 Å². The molecule has 18 heavy (non-hydrogen) atoms. The van der Waals surface area contributed by atoms with Crippen LogP contribution in [0.5, 0.6) is 0 Å². The molecule has 0 heteroatoms. The molecule has 2 rings (SSSR count). The lowest BCUT2D eigenvalue weighted by Gasteiger charge is -2.40. The summed E-state index contributed by atoms with van der Waals surface area (Å²) in [4.78, 5) is 0. The maximum Gasteiger partial charge on any atom is 0.0198 e. The van der Waals surface area contributed by atoms with Crippen molar-refractivity contribution in [1.82, 2.24) is 0 Å². The predicted molar refractivity (Wildman–Crippen MR) is 79.9 cm³/mol. The van der Waals surface area contributed by atoms with Gasteiger partial charge in [-0.05, 0) is 36.8 Å². The first-order chi connectivity index (χ1) is 8.65. The summed E-state index contributed by atoms with van der Waals surface area (Å²) in [6.07, 6.45) is 9.19. The monoisotopic (exact) mass is 240 g/mol. The van der Waals surface area contributed by atoms with E-state index in [1.807, 2.05) is 0 Å². The van der Waals surface area contributed by atoms with Crippen LogP contribution in [0.25, 0.3) is 0 Å². The third kappa shape index (κ3) is 1.94. The largest absolute Gasteiger partial charge is 0.0734 e. The van der Waals surface area contributed by atoms with E-state index in [-0.39, 0.29) is 5.41 Å². The zero-order valence-corrected chi connectivity index (χ0v) is 12.0. The Morgan fingerprint density at radius 2 is 1.89 bits per heavy atom. The van der Waals surface area contributed by atoms with Gasteiger partial charge in [-0.15, -0.1) is 0 Å². The molecule has 0 heterocycles. The molecule has 0 amide bonds. The maximum atomic E-state index is 2.42. The second kappa shape index (κ2) is 5.14. The van der Waals surface area contributed by atoms with Crippen LogP contribution in [0.15, 0.2) is 48.1 Å². The third-order valence-electron chi connectivity index (χ3n) is 4.69. The number of allylic oxidation sites excluding steroid dienone is 4. The Kier molecular flexibility index (Phi) is 3.75. The Labute approximate surface area is 111 Å². The first-order valence-corrected chi connectivity index (χ1v) is 7.10. The molecule has 0 bridgehead atoms. The molecule has 0 saturated heterocycles. The van der Waals surface area contributed by atoms with Crippen LogP contribution in [0.3, 0.4) is 0 Å². The lowest BCUT2D eigenvalue weighted by Crippen LogP contribution is -2.34. The molecule has 1 aromatic carbocycles. The highest BCUT2D eigenvalue weighted by Crippen LogP contribution is 2.44. The van der Waals surface area contributed by atoms with Crippen LogP contribution in [0.4, 0.5) is 0 Å². The molecule has 0 radical (unpaired) electrons. The Hall–Kier alpha value is -1.30. The molecule has 0 aliphatic heterocycles. The summed E-state index contributed by atoms with van der Waals surface area (Å²) in [5.74, 6) is 0.584. The number of hydrogen-bond donors (Lipinski definition) is 0. The average Bonchev–Trinajstić information content (AvgIpc) is 2.42. The van der Waals surface area contributed by atoms with E-state index in [0.717, 1.165) is 12.8 Å². The normalized spacial score (nSPS) is 27.1. The Balaban J connectivity index is 2.58. The van der Waals surface area contributed by atoms with Crippen molar-refractivity contribution < 1.29 is 0 Å². The molecule has 96 valence electrons. The van der Waals surface area contributed by atoms with E-state index in [0.29, 0.717) is 5.92 Å². The SMILES string of the molecule is CCc1ccccc1C1(CC)C=CC=C(C)C1C. The van der Waals surface area contributed by atoms with Crippen LogP contribution in [-0.4, -0.2) is 0 Å². The van der Waals surface area contributed by atoms with Gasteiger partial charge < -0.3 is 0 Å². The van der Waals surface area contributed by atoms with Gasteiger partial charge in [0.25, 0.3) is 0 Å². The van der Waals surface area contributed by atoms with Crippen molar-refractivity contribution in [1.29, 1.82) is 0 Å². The predicted octanol–water partition coefficient (Wildman–Crippen LogP) is 5.05. The summed E-state index contributed by atoms with van der Waals surface area (Å²) in [6.45, 7) is 9.19. The zero-order valence-electron chi connectivity index (χ0n) is 12.0. The van der Waals surface area contributed by atoms with Crippen molar-refractivity contribution in [2.75, 3.05) is 0 Å². The van der Waals surface area contributed by atoms with Crippen LogP contribution in [0, 0.1) is 5.92 Å². The Bertz CT molecular complexity index is 479. The van der Waals surface area contributed by atoms with Gasteiger partial charge in [-0.1, -0.05) is 68.8 Å². The van der Waals surface area contributed by atoms with Gasteiger partial charge in [0, 0.05) is 5.41 Å². The number of benzene rings is 1. The summed E-state index contributed by atoms with van der Waals surface area (Å²) in [5, 5.41) is 0. The average molecular weight is 240 g/mol. The summed E-state index contributed by atoms with van der Waals surface area (Å²) in [6, 6.07) is 8.94. The fourth-order valence-corrected chi connectivity index (χ4v) is 3.29. The molecule has 1 aromatic rings. The highest BCUT2D eigenvalue weighted by molar-refractivity contribution is 5.44. The number of rotatable bonds is 3. The standard InChI is InChI=1S/C18H24/c1-5-16-11-7-8-12-17(16)18(6-2)13-9-10-14(3)15(18)4/h7-13,15H,5-6H2,1-4H3. The second-order valence-corrected chi connectivity index (χ2v) is 5.40. The molecule has 0 aromatic heterocycles. The smallest absolute Gasteiger partial charge is 0.0198 e. The summed E-state index contributed by atoms with van der Waals surface area (Å²) in [5.41, 5.74) is 4.69. The minimum atomic E-state index is 0.186. The minimum absolute atomic E-state index is 0.186. The number of aryl methyl sites for hydroxylation is 1. The topological polar surface area (TPSA) is 0 Å². The quantitative estimate of drug-likeness (QED) is 0.693. The van der Waals surface area contributed by atoms with Gasteiger partial charge in [-0.25, -0.2) is 0 Å². The highest BCUT2D eigenvalue weighted by Gasteiger charge is 2.37. The van der Waals surface area contributed by atoms with Crippen LogP contribution in [-0.2, 0) is 11.8 Å². The van der Waals surface area contributed by atoms with Gasteiger partial charge in [0.15, 0.2) is 0 Å². The Morgan fingerprint density at radius 3 is 2.56 bits per heavy atom. The second-order valence-electron chi connectivity index (χ2n) is 5.40. The lowest BCUT2D eigenvalue weighted by molar-refractivity contribution is 0.383. The fraction of sp³-hybridized carbons (Fsp3) is 0.444. The van der Waals surface area contributed by atoms with E-state index >= 15 is 0 Å². The van der Waals surface area contributed by atoms with E-state index < -0.39 is 0 Å². The van der Waals surface area contributed by atoms with Crippen LogP contribution >= 0.6 is 0 Å². The van der Waals surface area contributed by atoms with Crippen molar-refractivity contribution in [3.05, 3.63) is 59.2 Å². The summed E-state index contributed by atoms with van der Waals surface area (Å²) in [7, 11) is 0. The fourth-order valence-electron chi connectivity index (χ4n) is 3.29. The Morgan fingerprint density at radius 1 is 1.17 bits per heavy atom. The van der Waals surface area contributed by atoms with E-state index in [9.17, 15) is 0 Å². The van der Waals surface area contributed by atoms with Gasteiger partial charge in [-0.3, -0.25) is 0 Å². The first-order valence-electron chi connectivity index (χ1n) is 7.10. The molecule has 0 saturated carbocycles. The van der Waals surface area contributed by atoms with E-state index in [2.05, 4.69) is 70.2 Å². The molecular formula is C18H24. The van der Waals surface area contributed by atoms with Gasteiger partial charge >= 0.3 is 0 Å². The van der Waals surface area contributed by atoms with E-state index in [1.165, 1.54) is 16.7 Å². The third-order valence-corrected chi connectivity index (χ3v) is 4.69. The van der Waals surface area contributed by atoms with Crippen molar-refractivity contribution >= 4 is 0 Å². The van der Waals surface area contributed by atoms with E-state index in [4.69, 9.17) is 0 Å². The molecule has 2 unspecified atom stereocenters. The minimum Gasteiger partial charge on any atom is -0.0734 e. The van der Waals surface area contributed by atoms with Crippen LogP contribution < -0.4 is 0 Å². The number of hydrogen-bond acceptors (Lipinski definition) is 0. The molecule has 0 N–H and O–H groups in total. The summed E-state index contributed by atoms with van der Waals surface area (Å²) < 4.78 is 0. The van der Waals surface area contributed by atoms with Crippen molar-refractivity contribution in [3.8, 4) is 0 Å². The van der Waals surface area contributed by atoms with Crippen molar-refractivity contribution in [3.63, 3.8) is 0 Å². The highest BCUT2D eigenvalue weighted by atomic mass is 14.4. The molecule has 2 atom stereocenters.